The zero-order chi connectivity index (χ0) is 18.1. The van der Waals surface area contributed by atoms with E-state index in [0.29, 0.717) is 29.3 Å². The van der Waals surface area contributed by atoms with Crippen LogP contribution in [0.25, 0.3) is 11.2 Å². The van der Waals surface area contributed by atoms with Gasteiger partial charge in [0.1, 0.15) is 13.2 Å². The monoisotopic (exact) mass is 355 g/mol. The third-order valence-corrected chi connectivity index (χ3v) is 3.98. The van der Waals surface area contributed by atoms with Crippen LogP contribution in [0, 0.1) is 0 Å². The van der Waals surface area contributed by atoms with Crippen molar-refractivity contribution in [1.82, 2.24) is 19.5 Å². The highest BCUT2D eigenvalue weighted by Gasteiger charge is 2.19. The topological polar surface area (TPSA) is 118 Å². The lowest BCUT2D eigenvalue weighted by Gasteiger charge is -2.15. The van der Waals surface area contributed by atoms with Gasteiger partial charge in [0.2, 0.25) is 0 Å². The fourth-order valence-corrected chi connectivity index (χ4v) is 2.80. The van der Waals surface area contributed by atoms with E-state index in [9.17, 15) is 5.11 Å². The fraction of sp³-hybridized carbons (Fsp3) is 0.235. The minimum absolute atomic E-state index is 0.111. The van der Waals surface area contributed by atoms with Gasteiger partial charge in [-0.2, -0.15) is 15.0 Å². The Morgan fingerprint density at radius 2 is 1.96 bits per heavy atom. The number of aromatic nitrogens is 4. The second-order valence-electron chi connectivity index (χ2n) is 5.60. The fourth-order valence-electron chi connectivity index (χ4n) is 2.80. The number of para-hydroxylation sites is 1. The number of rotatable bonds is 1. The SMILES string of the molecule is COc1c2cccc1OC/C=C\COc1nc(N)c3nc(O)n(c3n1)C2. The first-order valence-electron chi connectivity index (χ1n) is 7.96. The molecule has 4 rings (SSSR count). The van der Waals surface area contributed by atoms with Crippen LogP contribution < -0.4 is 19.9 Å². The molecule has 0 fully saturated rings. The van der Waals surface area contributed by atoms with Gasteiger partial charge < -0.3 is 25.1 Å². The molecule has 134 valence electrons. The molecule has 0 atom stereocenters. The van der Waals surface area contributed by atoms with Crippen molar-refractivity contribution in [1.29, 1.82) is 0 Å². The van der Waals surface area contributed by atoms with E-state index >= 15 is 0 Å². The molecule has 4 bridgehead atoms. The Balaban J connectivity index is 1.92. The Hall–Kier alpha value is -3.49. The predicted molar refractivity (Wildman–Crippen MR) is 93.6 cm³/mol. The van der Waals surface area contributed by atoms with Crippen LogP contribution in [0.1, 0.15) is 5.56 Å². The summed E-state index contributed by atoms with van der Waals surface area (Å²) in [6.07, 6.45) is 3.62. The van der Waals surface area contributed by atoms with E-state index in [-0.39, 0.29) is 31.0 Å². The lowest BCUT2D eigenvalue weighted by molar-refractivity contribution is 0.316. The van der Waals surface area contributed by atoms with Gasteiger partial charge in [-0.25, -0.2) is 0 Å². The molecule has 0 amide bonds. The quantitative estimate of drug-likeness (QED) is 0.631. The average molecular weight is 355 g/mol. The number of hydrogen-bond donors (Lipinski definition) is 2. The van der Waals surface area contributed by atoms with E-state index in [2.05, 4.69) is 15.0 Å². The highest BCUT2D eigenvalue weighted by Crippen LogP contribution is 2.34. The average Bonchev–Trinajstić information content (AvgIpc) is 2.94. The number of nitrogens with two attached hydrogens (primary N) is 1. The van der Waals surface area contributed by atoms with Crippen molar-refractivity contribution in [3.63, 3.8) is 0 Å². The number of nitrogen functional groups attached to an aromatic ring is 1. The number of imidazole rings is 1. The summed E-state index contributed by atoms with van der Waals surface area (Å²) >= 11 is 0. The molecule has 1 aromatic carbocycles. The predicted octanol–water partition coefficient (Wildman–Crippen LogP) is 1.50. The number of nitrogens with zero attached hydrogens (tertiary/aromatic N) is 4. The van der Waals surface area contributed by atoms with Gasteiger partial charge in [-0.15, -0.1) is 0 Å². The van der Waals surface area contributed by atoms with Crippen LogP contribution in [-0.2, 0) is 6.54 Å². The Labute approximate surface area is 148 Å². The van der Waals surface area contributed by atoms with Gasteiger partial charge in [0.15, 0.2) is 28.5 Å². The van der Waals surface area contributed by atoms with E-state index in [0.717, 1.165) is 5.56 Å². The number of anilines is 1. The maximum Gasteiger partial charge on any atom is 0.320 e. The van der Waals surface area contributed by atoms with Gasteiger partial charge in [-0.1, -0.05) is 12.1 Å². The van der Waals surface area contributed by atoms with Crippen LogP contribution >= 0.6 is 0 Å². The summed E-state index contributed by atoms with van der Waals surface area (Å²) < 4.78 is 18.3. The van der Waals surface area contributed by atoms with E-state index in [1.54, 1.807) is 13.2 Å². The standard InChI is InChI=1S/C17H17N5O4/c1-24-13-10-5-4-6-11(13)25-7-2-3-8-26-16-20-14(18)12-15(21-16)22(9-10)17(23)19-12/h2-6H,7-9H2,1H3,(H,19,23)(H2,18,20,21)/b3-2-. The molecule has 3 N–H and O–H groups in total. The smallest absolute Gasteiger partial charge is 0.320 e. The van der Waals surface area contributed by atoms with Crippen LogP contribution in [0.15, 0.2) is 30.4 Å². The third-order valence-electron chi connectivity index (χ3n) is 3.98. The molecular weight excluding hydrogens is 338 g/mol. The molecule has 1 aliphatic heterocycles. The molecule has 9 nitrogen and oxygen atoms in total. The summed E-state index contributed by atoms with van der Waals surface area (Å²) in [7, 11) is 1.57. The van der Waals surface area contributed by atoms with Crippen molar-refractivity contribution >= 4 is 17.0 Å². The number of hydrogen-bond acceptors (Lipinski definition) is 8. The van der Waals surface area contributed by atoms with E-state index in [4.69, 9.17) is 19.9 Å². The molecular formula is C17H17N5O4. The molecule has 9 heteroatoms. The first kappa shape index (κ1) is 16.0. The van der Waals surface area contributed by atoms with Crippen molar-refractivity contribution in [3.8, 4) is 23.5 Å². The Morgan fingerprint density at radius 3 is 2.77 bits per heavy atom. The van der Waals surface area contributed by atoms with Gasteiger partial charge in [-0.05, 0) is 18.2 Å². The van der Waals surface area contributed by atoms with E-state index < -0.39 is 0 Å². The molecule has 0 saturated heterocycles. The number of ether oxygens (including phenoxy) is 3. The lowest BCUT2D eigenvalue weighted by atomic mass is 10.2. The minimum atomic E-state index is -0.224. The van der Waals surface area contributed by atoms with Gasteiger partial charge in [0.05, 0.1) is 13.7 Å². The molecule has 3 heterocycles. The lowest BCUT2D eigenvalue weighted by Crippen LogP contribution is -2.07. The van der Waals surface area contributed by atoms with Crippen LogP contribution in [-0.4, -0.2) is 44.9 Å². The van der Waals surface area contributed by atoms with Gasteiger partial charge in [0, 0.05) is 5.56 Å². The number of methoxy groups -OCH3 is 1. The van der Waals surface area contributed by atoms with Crippen molar-refractivity contribution in [2.24, 2.45) is 0 Å². The molecule has 3 aromatic rings. The maximum absolute atomic E-state index is 10.3. The largest absolute Gasteiger partial charge is 0.493 e. The third kappa shape index (κ3) is 2.73. The van der Waals surface area contributed by atoms with Gasteiger partial charge in [0.25, 0.3) is 6.01 Å². The van der Waals surface area contributed by atoms with Crippen LogP contribution in [0.2, 0.25) is 0 Å². The molecule has 1 aliphatic rings. The van der Waals surface area contributed by atoms with Crippen molar-refractivity contribution < 1.29 is 19.3 Å². The summed E-state index contributed by atoms with van der Waals surface area (Å²) in [5, 5.41) is 10.3. The van der Waals surface area contributed by atoms with Crippen molar-refractivity contribution in [2.45, 2.75) is 6.54 Å². The van der Waals surface area contributed by atoms with Crippen LogP contribution in [0.4, 0.5) is 5.82 Å². The number of fused-ring (bicyclic) bond motifs is 3. The zero-order valence-corrected chi connectivity index (χ0v) is 14.0. The molecule has 0 saturated carbocycles. The summed E-state index contributed by atoms with van der Waals surface area (Å²) in [6.45, 7) is 0.868. The Kier molecular flexibility index (Phi) is 3.96. The molecule has 0 radical (unpaired) electrons. The highest BCUT2D eigenvalue weighted by atomic mass is 16.5. The van der Waals surface area contributed by atoms with Crippen molar-refractivity contribution in [3.05, 3.63) is 35.9 Å². The van der Waals surface area contributed by atoms with Crippen molar-refractivity contribution in [2.75, 3.05) is 26.1 Å². The first-order valence-corrected chi connectivity index (χ1v) is 7.96. The highest BCUT2D eigenvalue weighted by molar-refractivity contribution is 5.83. The summed E-state index contributed by atoms with van der Waals surface area (Å²) in [5.41, 5.74) is 7.42. The normalized spacial score (nSPS) is 15.1. The molecule has 0 unspecified atom stereocenters. The Morgan fingerprint density at radius 1 is 1.15 bits per heavy atom. The zero-order valence-electron chi connectivity index (χ0n) is 14.0. The van der Waals surface area contributed by atoms with Crippen LogP contribution in [0.5, 0.6) is 23.5 Å². The number of benzene rings is 1. The van der Waals surface area contributed by atoms with Crippen LogP contribution in [0.3, 0.4) is 0 Å². The first-order chi connectivity index (χ1) is 12.7. The molecule has 0 spiro atoms. The summed E-state index contributed by atoms with van der Waals surface area (Å²) in [4.78, 5) is 12.5. The molecule has 26 heavy (non-hydrogen) atoms. The second kappa shape index (κ2) is 6.43. The number of aromatic hydroxyl groups is 1. The maximum atomic E-state index is 10.3. The van der Waals surface area contributed by atoms with E-state index in [1.807, 2.05) is 24.3 Å². The van der Waals surface area contributed by atoms with Gasteiger partial charge >= 0.3 is 6.01 Å². The molecule has 2 aromatic heterocycles. The summed E-state index contributed by atoms with van der Waals surface area (Å²) in [6, 6.07) is 5.44. The van der Waals surface area contributed by atoms with Gasteiger partial charge in [-0.3, -0.25) is 4.57 Å². The Bertz CT molecular complexity index is 998. The summed E-state index contributed by atoms with van der Waals surface area (Å²) in [5.74, 6) is 1.32. The molecule has 0 aliphatic carbocycles. The second-order valence-corrected chi connectivity index (χ2v) is 5.60. The van der Waals surface area contributed by atoms with E-state index in [1.165, 1.54) is 4.57 Å². The minimum Gasteiger partial charge on any atom is -0.493 e.